The molecular formula is C18H28N2O. The lowest BCUT2D eigenvalue weighted by atomic mass is 9.80. The number of aliphatic hydroxyl groups excluding tert-OH is 1. The highest BCUT2D eigenvalue weighted by atomic mass is 16.3. The van der Waals surface area contributed by atoms with Gasteiger partial charge in [-0.25, -0.2) is 0 Å². The molecule has 0 radical (unpaired) electrons. The average Bonchev–Trinajstić information content (AvgIpc) is 3.01. The van der Waals surface area contributed by atoms with Gasteiger partial charge in [0.05, 0.1) is 6.61 Å². The molecule has 0 amide bonds. The van der Waals surface area contributed by atoms with Crippen molar-refractivity contribution in [1.82, 2.24) is 10.2 Å². The first-order valence-electron chi connectivity index (χ1n) is 8.46. The lowest BCUT2D eigenvalue weighted by Gasteiger charge is -2.39. The monoisotopic (exact) mass is 288 g/mol. The van der Waals surface area contributed by atoms with E-state index in [-0.39, 0.29) is 6.61 Å². The van der Waals surface area contributed by atoms with E-state index in [0.29, 0.717) is 18.0 Å². The third-order valence-corrected chi connectivity index (χ3v) is 5.20. The first kappa shape index (κ1) is 15.0. The van der Waals surface area contributed by atoms with Crippen LogP contribution in [0.2, 0.25) is 0 Å². The van der Waals surface area contributed by atoms with Gasteiger partial charge in [0.1, 0.15) is 0 Å². The molecule has 1 aliphatic carbocycles. The maximum absolute atomic E-state index is 9.48. The number of nitrogens with one attached hydrogen (secondary N) is 1. The Morgan fingerprint density at radius 3 is 2.71 bits per heavy atom. The van der Waals surface area contributed by atoms with E-state index in [2.05, 4.69) is 41.4 Å². The Morgan fingerprint density at radius 2 is 2.00 bits per heavy atom. The highest BCUT2D eigenvalue weighted by Crippen LogP contribution is 2.40. The first-order chi connectivity index (χ1) is 10.3. The van der Waals surface area contributed by atoms with Crippen LogP contribution < -0.4 is 5.32 Å². The van der Waals surface area contributed by atoms with Crippen LogP contribution >= 0.6 is 0 Å². The quantitative estimate of drug-likeness (QED) is 0.874. The molecule has 1 aliphatic heterocycles. The molecule has 0 spiro atoms. The summed E-state index contributed by atoms with van der Waals surface area (Å²) >= 11 is 0. The molecule has 3 nitrogen and oxygen atoms in total. The van der Waals surface area contributed by atoms with Crippen molar-refractivity contribution in [3.8, 4) is 0 Å². The van der Waals surface area contributed by atoms with Crippen molar-refractivity contribution in [2.24, 2.45) is 0 Å². The third kappa shape index (κ3) is 3.31. The van der Waals surface area contributed by atoms with Crippen molar-refractivity contribution in [1.29, 1.82) is 0 Å². The summed E-state index contributed by atoms with van der Waals surface area (Å²) in [5.74, 6) is 0.665. The van der Waals surface area contributed by atoms with Crippen LogP contribution in [0.1, 0.15) is 55.7 Å². The normalized spacial score (nSPS) is 28.8. The van der Waals surface area contributed by atoms with Crippen LogP contribution in [-0.4, -0.2) is 42.3 Å². The Hall–Kier alpha value is -0.900. The Bertz CT molecular complexity index is 456. The Morgan fingerprint density at radius 1 is 1.19 bits per heavy atom. The molecular weight excluding hydrogens is 260 g/mol. The van der Waals surface area contributed by atoms with Crippen LogP contribution in [0.25, 0.3) is 0 Å². The van der Waals surface area contributed by atoms with Gasteiger partial charge >= 0.3 is 0 Å². The fourth-order valence-corrected chi connectivity index (χ4v) is 4.06. The molecule has 0 saturated carbocycles. The molecule has 0 aromatic heterocycles. The fourth-order valence-electron chi connectivity index (χ4n) is 4.06. The number of hydrogen-bond acceptors (Lipinski definition) is 3. The van der Waals surface area contributed by atoms with E-state index in [0.717, 1.165) is 19.6 Å². The predicted octanol–water partition coefficient (Wildman–Crippen LogP) is 2.67. The lowest BCUT2D eigenvalue weighted by Crippen LogP contribution is -2.42. The van der Waals surface area contributed by atoms with Gasteiger partial charge < -0.3 is 10.4 Å². The lowest BCUT2D eigenvalue weighted by molar-refractivity contribution is 0.126. The van der Waals surface area contributed by atoms with Crippen LogP contribution in [0.3, 0.4) is 0 Å². The smallest absolute Gasteiger partial charge is 0.0558 e. The third-order valence-electron chi connectivity index (χ3n) is 5.20. The second-order valence-corrected chi connectivity index (χ2v) is 6.63. The van der Waals surface area contributed by atoms with E-state index in [1.165, 1.54) is 36.8 Å². The Balaban J connectivity index is 1.80. The van der Waals surface area contributed by atoms with Gasteiger partial charge in [-0.05, 0) is 49.3 Å². The zero-order valence-corrected chi connectivity index (χ0v) is 13.1. The summed E-state index contributed by atoms with van der Waals surface area (Å²) in [4.78, 5) is 2.51. The highest BCUT2D eigenvalue weighted by Gasteiger charge is 2.30. The van der Waals surface area contributed by atoms with Crippen LogP contribution in [-0.2, 0) is 0 Å². The molecule has 1 saturated heterocycles. The topological polar surface area (TPSA) is 35.5 Å². The first-order valence-corrected chi connectivity index (χ1v) is 8.46. The van der Waals surface area contributed by atoms with E-state index in [1.807, 2.05) is 0 Å². The predicted molar refractivity (Wildman–Crippen MR) is 86.5 cm³/mol. The molecule has 1 aromatic carbocycles. The second kappa shape index (κ2) is 6.91. The molecule has 116 valence electrons. The molecule has 2 aliphatic rings. The summed E-state index contributed by atoms with van der Waals surface area (Å²) in [5, 5.41) is 13.1. The number of benzene rings is 1. The molecule has 2 N–H and O–H groups in total. The van der Waals surface area contributed by atoms with Crippen molar-refractivity contribution in [2.45, 2.75) is 50.6 Å². The number of aliphatic hydroxyl groups is 1. The summed E-state index contributed by atoms with van der Waals surface area (Å²) in [7, 11) is 0. The standard InChI is InChI=1S/C18H28N2O/c1-14-8-9-18(17-7-3-2-6-16(14)17)20(11-12-21)13-15-5-4-10-19-15/h2-3,6-7,14-15,18-19,21H,4-5,8-13H2,1H3. The molecule has 3 atom stereocenters. The van der Waals surface area contributed by atoms with Crippen LogP contribution in [0, 0.1) is 0 Å². The number of rotatable bonds is 5. The molecule has 1 heterocycles. The molecule has 0 bridgehead atoms. The highest BCUT2D eigenvalue weighted by molar-refractivity contribution is 5.35. The average molecular weight is 288 g/mol. The van der Waals surface area contributed by atoms with Gasteiger partial charge in [0.15, 0.2) is 0 Å². The van der Waals surface area contributed by atoms with Crippen LogP contribution in [0.15, 0.2) is 24.3 Å². The van der Waals surface area contributed by atoms with Gasteiger partial charge in [-0.1, -0.05) is 31.2 Å². The molecule has 3 rings (SSSR count). The minimum atomic E-state index is 0.251. The van der Waals surface area contributed by atoms with E-state index in [9.17, 15) is 5.11 Å². The van der Waals surface area contributed by atoms with Crippen molar-refractivity contribution in [3.05, 3.63) is 35.4 Å². The minimum absolute atomic E-state index is 0.251. The van der Waals surface area contributed by atoms with Crippen LogP contribution in [0.4, 0.5) is 0 Å². The van der Waals surface area contributed by atoms with E-state index < -0.39 is 0 Å². The SMILES string of the molecule is CC1CCC(N(CCO)CC2CCCN2)c2ccccc21. The van der Waals surface area contributed by atoms with E-state index in [4.69, 9.17) is 0 Å². The van der Waals surface area contributed by atoms with Gasteiger partial charge in [0.2, 0.25) is 0 Å². The number of hydrogen-bond donors (Lipinski definition) is 2. The zero-order valence-electron chi connectivity index (χ0n) is 13.1. The maximum Gasteiger partial charge on any atom is 0.0558 e. The molecule has 1 fully saturated rings. The van der Waals surface area contributed by atoms with Gasteiger partial charge in [-0.2, -0.15) is 0 Å². The van der Waals surface area contributed by atoms with Crippen molar-refractivity contribution >= 4 is 0 Å². The fraction of sp³-hybridized carbons (Fsp3) is 0.667. The number of fused-ring (bicyclic) bond motifs is 1. The van der Waals surface area contributed by atoms with Gasteiger partial charge in [0.25, 0.3) is 0 Å². The van der Waals surface area contributed by atoms with Gasteiger partial charge in [-0.15, -0.1) is 0 Å². The summed E-state index contributed by atoms with van der Waals surface area (Å²) < 4.78 is 0. The van der Waals surface area contributed by atoms with Gasteiger partial charge in [0, 0.05) is 25.2 Å². The molecule has 1 aromatic rings. The van der Waals surface area contributed by atoms with Crippen molar-refractivity contribution in [3.63, 3.8) is 0 Å². The van der Waals surface area contributed by atoms with Gasteiger partial charge in [-0.3, -0.25) is 4.90 Å². The molecule has 3 heteroatoms. The van der Waals surface area contributed by atoms with E-state index in [1.54, 1.807) is 0 Å². The summed E-state index contributed by atoms with van der Waals surface area (Å²) in [6.07, 6.45) is 5.02. The largest absolute Gasteiger partial charge is 0.395 e. The maximum atomic E-state index is 9.48. The minimum Gasteiger partial charge on any atom is -0.395 e. The molecule has 3 unspecified atom stereocenters. The summed E-state index contributed by atoms with van der Waals surface area (Å²) in [6, 6.07) is 9.98. The van der Waals surface area contributed by atoms with Crippen molar-refractivity contribution < 1.29 is 5.11 Å². The number of nitrogens with zero attached hydrogens (tertiary/aromatic N) is 1. The summed E-state index contributed by atoms with van der Waals surface area (Å²) in [6.45, 7) is 5.58. The summed E-state index contributed by atoms with van der Waals surface area (Å²) in [5.41, 5.74) is 3.00. The Labute approximate surface area is 128 Å². The van der Waals surface area contributed by atoms with Crippen molar-refractivity contribution in [2.75, 3.05) is 26.2 Å². The Kier molecular flexibility index (Phi) is 4.94. The molecule has 21 heavy (non-hydrogen) atoms. The van der Waals surface area contributed by atoms with Crippen LogP contribution in [0.5, 0.6) is 0 Å². The zero-order chi connectivity index (χ0) is 14.7. The second-order valence-electron chi connectivity index (χ2n) is 6.63. The van der Waals surface area contributed by atoms with E-state index >= 15 is 0 Å².